The fraction of sp³-hybridized carbons (Fsp3) is 0.429. The number of anilines is 1. The Hall–Kier alpha value is -1.46. The maximum absolute atomic E-state index is 11.9. The second-order valence-electron chi connectivity index (χ2n) is 5.16. The van der Waals surface area contributed by atoms with Crippen LogP contribution in [0.4, 0.5) is 5.13 Å². The SMILES string of the molecule is Cc1cc2nc(N3CC(CO)CC3=O)sc2cc1C. The van der Waals surface area contributed by atoms with E-state index in [2.05, 4.69) is 31.0 Å². The molecule has 0 bridgehead atoms. The summed E-state index contributed by atoms with van der Waals surface area (Å²) in [5.74, 6) is 0.106. The molecule has 19 heavy (non-hydrogen) atoms. The van der Waals surface area contributed by atoms with E-state index < -0.39 is 0 Å². The van der Waals surface area contributed by atoms with E-state index in [-0.39, 0.29) is 18.4 Å². The van der Waals surface area contributed by atoms with Gasteiger partial charge in [-0.2, -0.15) is 0 Å². The van der Waals surface area contributed by atoms with Crippen molar-refractivity contribution in [3.05, 3.63) is 23.3 Å². The molecule has 1 amide bonds. The van der Waals surface area contributed by atoms with Crippen molar-refractivity contribution in [2.45, 2.75) is 20.3 Å². The molecule has 1 aliphatic heterocycles. The summed E-state index contributed by atoms with van der Waals surface area (Å²) in [6.45, 7) is 4.78. The summed E-state index contributed by atoms with van der Waals surface area (Å²) in [5, 5.41) is 9.92. The Kier molecular flexibility index (Phi) is 3.03. The first-order valence-electron chi connectivity index (χ1n) is 6.37. The first kappa shape index (κ1) is 12.6. The molecule has 2 heterocycles. The van der Waals surface area contributed by atoms with Crippen LogP contribution in [0.3, 0.4) is 0 Å². The number of hydrogen-bond donors (Lipinski definition) is 1. The minimum absolute atomic E-state index is 0.0444. The summed E-state index contributed by atoms with van der Waals surface area (Å²) < 4.78 is 1.11. The maximum Gasteiger partial charge on any atom is 0.229 e. The van der Waals surface area contributed by atoms with E-state index in [0.29, 0.717) is 13.0 Å². The molecular weight excluding hydrogens is 260 g/mol. The van der Waals surface area contributed by atoms with E-state index in [1.165, 1.54) is 11.1 Å². The number of aryl methyl sites for hydroxylation is 2. The van der Waals surface area contributed by atoms with Gasteiger partial charge in [0.15, 0.2) is 5.13 Å². The van der Waals surface area contributed by atoms with Crippen molar-refractivity contribution < 1.29 is 9.90 Å². The summed E-state index contributed by atoms with van der Waals surface area (Å²) >= 11 is 1.55. The average Bonchev–Trinajstić information content (AvgIpc) is 2.93. The normalized spacial score (nSPS) is 19.6. The molecule has 1 aliphatic rings. The summed E-state index contributed by atoms with van der Waals surface area (Å²) in [6.07, 6.45) is 0.421. The average molecular weight is 276 g/mol. The molecule has 1 unspecified atom stereocenters. The number of thiazole rings is 1. The molecule has 4 nitrogen and oxygen atoms in total. The predicted molar refractivity (Wildman–Crippen MR) is 76.6 cm³/mol. The third-order valence-electron chi connectivity index (χ3n) is 3.69. The zero-order chi connectivity index (χ0) is 13.6. The molecule has 0 aliphatic carbocycles. The molecule has 3 rings (SSSR count). The Morgan fingerprint density at radius 2 is 2.16 bits per heavy atom. The van der Waals surface area contributed by atoms with E-state index in [1.807, 2.05) is 0 Å². The van der Waals surface area contributed by atoms with E-state index >= 15 is 0 Å². The number of carbonyl (C=O) groups excluding carboxylic acids is 1. The molecule has 1 fully saturated rings. The lowest BCUT2D eigenvalue weighted by atomic mass is 10.1. The lowest BCUT2D eigenvalue weighted by Crippen LogP contribution is -2.24. The molecular formula is C14H16N2O2S. The molecule has 1 aromatic carbocycles. The first-order valence-corrected chi connectivity index (χ1v) is 7.19. The van der Waals surface area contributed by atoms with Gasteiger partial charge in [-0.25, -0.2) is 4.98 Å². The molecule has 0 spiro atoms. The van der Waals surface area contributed by atoms with E-state index in [0.717, 1.165) is 15.3 Å². The zero-order valence-corrected chi connectivity index (χ0v) is 11.8. The number of nitrogens with zero attached hydrogens (tertiary/aromatic N) is 2. The lowest BCUT2D eigenvalue weighted by molar-refractivity contribution is -0.117. The van der Waals surface area contributed by atoms with Gasteiger partial charge >= 0.3 is 0 Å². The van der Waals surface area contributed by atoms with Crippen LogP contribution in [-0.2, 0) is 4.79 Å². The van der Waals surface area contributed by atoms with E-state index in [9.17, 15) is 4.79 Å². The molecule has 5 heteroatoms. The van der Waals surface area contributed by atoms with Crippen LogP contribution in [0.25, 0.3) is 10.2 Å². The summed E-state index contributed by atoms with van der Waals surface area (Å²) in [4.78, 5) is 18.2. The summed E-state index contributed by atoms with van der Waals surface area (Å²) in [6, 6.07) is 4.19. The van der Waals surface area contributed by atoms with Crippen LogP contribution in [0.5, 0.6) is 0 Å². The van der Waals surface area contributed by atoms with Crippen molar-refractivity contribution in [1.82, 2.24) is 4.98 Å². The Bertz CT molecular complexity index is 611. The van der Waals surface area contributed by atoms with Crippen LogP contribution in [0.1, 0.15) is 17.5 Å². The number of aromatic nitrogens is 1. The number of fused-ring (bicyclic) bond motifs is 1. The maximum atomic E-state index is 11.9. The smallest absolute Gasteiger partial charge is 0.229 e. The fourth-order valence-electron chi connectivity index (χ4n) is 2.37. The minimum atomic E-state index is 0.0444. The fourth-order valence-corrected chi connectivity index (χ4v) is 3.44. The number of aliphatic hydroxyl groups is 1. The van der Waals surface area contributed by atoms with Crippen LogP contribution < -0.4 is 4.90 Å². The number of benzene rings is 1. The van der Waals surface area contributed by atoms with Crippen LogP contribution in [0.2, 0.25) is 0 Å². The quantitative estimate of drug-likeness (QED) is 0.915. The Morgan fingerprint density at radius 3 is 2.84 bits per heavy atom. The number of amides is 1. The Labute approximate surface area is 115 Å². The van der Waals surface area contributed by atoms with Gasteiger partial charge in [0, 0.05) is 25.5 Å². The third-order valence-corrected chi connectivity index (χ3v) is 4.73. The number of carbonyl (C=O) groups is 1. The van der Waals surface area contributed by atoms with Gasteiger partial charge in [-0.15, -0.1) is 0 Å². The Balaban J connectivity index is 2.00. The number of aliphatic hydroxyl groups excluding tert-OH is 1. The van der Waals surface area contributed by atoms with Crippen LogP contribution >= 0.6 is 11.3 Å². The van der Waals surface area contributed by atoms with Gasteiger partial charge in [-0.1, -0.05) is 11.3 Å². The van der Waals surface area contributed by atoms with Gasteiger partial charge in [0.1, 0.15) is 0 Å². The highest BCUT2D eigenvalue weighted by Crippen LogP contribution is 2.33. The van der Waals surface area contributed by atoms with Crippen molar-refractivity contribution in [3.8, 4) is 0 Å². The molecule has 1 saturated heterocycles. The van der Waals surface area contributed by atoms with E-state index in [1.54, 1.807) is 16.2 Å². The highest BCUT2D eigenvalue weighted by Gasteiger charge is 2.31. The molecule has 1 atom stereocenters. The third kappa shape index (κ3) is 2.13. The molecule has 1 N–H and O–H groups in total. The highest BCUT2D eigenvalue weighted by molar-refractivity contribution is 7.22. The largest absolute Gasteiger partial charge is 0.396 e. The highest BCUT2D eigenvalue weighted by atomic mass is 32.1. The topological polar surface area (TPSA) is 53.4 Å². The van der Waals surface area contributed by atoms with Gasteiger partial charge in [-0.3, -0.25) is 9.69 Å². The lowest BCUT2D eigenvalue weighted by Gasteiger charge is -2.11. The van der Waals surface area contributed by atoms with Gasteiger partial charge in [0.2, 0.25) is 5.91 Å². The molecule has 2 aromatic rings. The number of rotatable bonds is 2. The van der Waals surface area contributed by atoms with Crippen molar-refractivity contribution in [2.75, 3.05) is 18.1 Å². The second kappa shape index (κ2) is 4.58. The standard InChI is InChI=1S/C14H16N2O2S/c1-8-3-11-12(4-9(8)2)19-14(15-11)16-6-10(7-17)5-13(16)18/h3-4,10,17H,5-7H2,1-2H3. The Morgan fingerprint density at radius 1 is 1.42 bits per heavy atom. The van der Waals surface area contributed by atoms with Crippen molar-refractivity contribution in [3.63, 3.8) is 0 Å². The molecule has 100 valence electrons. The zero-order valence-electron chi connectivity index (χ0n) is 11.0. The van der Waals surface area contributed by atoms with Gasteiger partial charge in [0.05, 0.1) is 10.2 Å². The van der Waals surface area contributed by atoms with Crippen LogP contribution in [0.15, 0.2) is 12.1 Å². The predicted octanol–water partition coefficient (Wildman–Crippen LogP) is 2.26. The number of hydrogen-bond acceptors (Lipinski definition) is 4. The van der Waals surface area contributed by atoms with Gasteiger partial charge in [0.25, 0.3) is 0 Å². The molecule has 1 aromatic heterocycles. The van der Waals surface area contributed by atoms with Crippen molar-refractivity contribution >= 4 is 32.6 Å². The van der Waals surface area contributed by atoms with E-state index in [4.69, 9.17) is 5.11 Å². The van der Waals surface area contributed by atoms with Crippen LogP contribution in [-0.4, -0.2) is 29.1 Å². The first-order chi connectivity index (χ1) is 9.08. The summed E-state index contributed by atoms with van der Waals surface area (Å²) in [5.41, 5.74) is 3.40. The van der Waals surface area contributed by atoms with Crippen LogP contribution in [0, 0.1) is 19.8 Å². The van der Waals surface area contributed by atoms with Gasteiger partial charge in [-0.05, 0) is 37.1 Å². The summed E-state index contributed by atoms with van der Waals surface area (Å²) in [7, 11) is 0. The minimum Gasteiger partial charge on any atom is -0.396 e. The van der Waals surface area contributed by atoms with Gasteiger partial charge < -0.3 is 5.11 Å². The second-order valence-corrected chi connectivity index (χ2v) is 6.17. The molecule has 0 saturated carbocycles. The monoisotopic (exact) mass is 276 g/mol. The van der Waals surface area contributed by atoms with Crippen molar-refractivity contribution in [2.24, 2.45) is 5.92 Å². The van der Waals surface area contributed by atoms with Crippen molar-refractivity contribution in [1.29, 1.82) is 0 Å². The molecule has 0 radical (unpaired) electrons.